The lowest BCUT2D eigenvalue weighted by Gasteiger charge is -2.10. The minimum atomic E-state index is 0. The van der Waals surface area contributed by atoms with Gasteiger partial charge < -0.3 is 15.2 Å². The van der Waals surface area contributed by atoms with Crippen LogP contribution in [0.5, 0.6) is 11.5 Å². The highest BCUT2D eigenvalue weighted by Gasteiger charge is 2.02. The summed E-state index contributed by atoms with van der Waals surface area (Å²) < 4.78 is 10.9. The third kappa shape index (κ3) is 4.44. The van der Waals surface area contributed by atoms with E-state index >= 15 is 0 Å². The molecule has 2 aromatic rings. The summed E-state index contributed by atoms with van der Waals surface area (Å²) in [4.78, 5) is 0. The summed E-state index contributed by atoms with van der Waals surface area (Å²) in [5.74, 6) is 1.69. The first kappa shape index (κ1) is 16.3. The van der Waals surface area contributed by atoms with Gasteiger partial charge in [0.1, 0.15) is 18.1 Å². The molecular weight excluding hydrogens is 274 g/mol. The Labute approximate surface area is 126 Å². The van der Waals surface area contributed by atoms with Gasteiger partial charge in [-0.3, -0.25) is 0 Å². The first-order chi connectivity index (χ1) is 9.19. The number of rotatable bonds is 5. The number of benzene rings is 2. The Kier molecular flexibility index (Phi) is 6.36. The molecule has 108 valence electrons. The van der Waals surface area contributed by atoms with Crippen LogP contribution in [-0.4, -0.2) is 7.11 Å². The Hall–Kier alpha value is -1.71. The van der Waals surface area contributed by atoms with Crippen molar-refractivity contribution in [1.82, 2.24) is 0 Å². The number of nitrogens with two attached hydrogens (primary N) is 1. The van der Waals surface area contributed by atoms with E-state index in [0.29, 0.717) is 6.61 Å². The fourth-order valence-electron chi connectivity index (χ4n) is 1.78. The molecule has 0 amide bonds. The highest BCUT2D eigenvalue weighted by molar-refractivity contribution is 5.85. The fourth-order valence-corrected chi connectivity index (χ4v) is 1.78. The summed E-state index contributed by atoms with van der Waals surface area (Å²) in [6.45, 7) is 2.50. The van der Waals surface area contributed by atoms with Crippen molar-refractivity contribution >= 4 is 12.4 Å². The van der Waals surface area contributed by atoms with Gasteiger partial charge in [0.25, 0.3) is 0 Å². The van der Waals surface area contributed by atoms with E-state index in [1.54, 1.807) is 7.11 Å². The van der Waals surface area contributed by atoms with E-state index in [2.05, 4.69) is 0 Å². The summed E-state index contributed by atoms with van der Waals surface area (Å²) in [5, 5.41) is 0. The van der Waals surface area contributed by atoms with Crippen molar-refractivity contribution in [1.29, 1.82) is 0 Å². The second-order valence-corrected chi connectivity index (χ2v) is 4.50. The van der Waals surface area contributed by atoms with Gasteiger partial charge in [-0.1, -0.05) is 24.3 Å². The normalized spacial score (nSPS) is 11.3. The van der Waals surface area contributed by atoms with Crippen LogP contribution in [0.15, 0.2) is 48.5 Å². The molecule has 0 spiro atoms. The van der Waals surface area contributed by atoms with Gasteiger partial charge in [0.05, 0.1) is 7.11 Å². The molecule has 2 N–H and O–H groups in total. The summed E-state index contributed by atoms with van der Waals surface area (Å²) in [6.07, 6.45) is 0. The molecule has 0 saturated heterocycles. The lowest BCUT2D eigenvalue weighted by molar-refractivity contribution is 0.305. The topological polar surface area (TPSA) is 44.5 Å². The molecule has 0 radical (unpaired) electrons. The smallest absolute Gasteiger partial charge is 0.120 e. The molecule has 0 bridgehead atoms. The van der Waals surface area contributed by atoms with E-state index in [9.17, 15) is 0 Å². The predicted octanol–water partition coefficient (Wildman–Crippen LogP) is 3.72. The minimum absolute atomic E-state index is 0. The standard InChI is InChI=1S/C16H19NO2.ClH/c1-12(17)14-4-3-5-16(10-14)19-11-13-6-8-15(18-2)9-7-13;/h3-10,12H,11,17H2,1-2H3;1H/t12-;/m1./s1. The van der Waals surface area contributed by atoms with Crippen LogP contribution in [0.3, 0.4) is 0 Å². The highest BCUT2D eigenvalue weighted by atomic mass is 35.5. The van der Waals surface area contributed by atoms with Gasteiger partial charge in [0.2, 0.25) is 0 Å². The lowest BCUT2D eigenvalue weighted by Crippen LogP contribution is -2.05. The van der Waals surface area contributed by atoms with Gasteiger partial charge in [-0.2, -0.15) is 0 Å². The van der Waals surface area contributed by atoms with E-state index in [0.717, 1.165) is 22.6 Å². The van der Waals surface area contributed by atoms with E-state index in [-0.39, 0.29) is 18.4 Å². The molecule has 20 heavy (non-hydrogen) atoms. The van der Waals surface area contributed by atoms with Crippen LogP contribution >= 0.6 is 12.4 Å². The van der Waals surface area contributed by atoms with Crippen LogP contribution in [0.4, 0.5) is 0 Å². The molecule has 2 rings (SSSR count). The quantitative estimate of drug-likeness (QED) is 0.914. The highest BCUT2D eigenvalue weighted by Crippen LogP contribution is 2.19. The number of hydrogen-bond donors (Lipinski definition) is 1. The Bertz CT molecular complexity index is 526. The fraction of sp³-hybridized carbons (Fsp3) is 0.250. The van der Waals surface area contributed by atoms with Crippen molar-refractivity contribution in [3.8, 4) is 11.5 Å². The minimum Gasteiger partial charge on any atom is -0.497 e. The largest absolute Gasteiger partial charge is 0.497 e. The van der Waals surface area contributed by atoms with Crippen molar-refractivity contribution in [3.63, 3.8) is 0 Å². The second kappa shape index (κ2) is 7.78. The van der Waals surface area contributed by atoms with Crippen LogP contribution in [0.2, 0.25) is 0 Å². The molecule has 0 saturated carbocycles. The van der Waals surface area contributed by atoms with Crippen LogP contribution in [0, 0.1) is 0 Å². The number of methoxy groups -OCH3 is 1. The van der Waals surface area contributed by atoms with Crippen LogP contribution < -0.4 is 15.2 Å². The monoisotopic (exact) mass is 293 g/mol. The molecule has 3 nitrogen and oxygen atoms in total. The van der Waals surface area contributed by atoms with Crippen molar-refractivity contribution in [2.75, 3.05) is 7.11 Å². The van der Waals surface area contributed by atoms with Crippen molar-refractivity contribution in [3.05, 3.63) is 59.7 Å². The third-order valence-electron chi connectivity index (χ3n) is 2.95. The maximum Gasteiger partial charge on any atom is 0.120 e. The molecule has 0 aliphatic heterocycles. The van der Waals surface area contributed by atoms with E-state index in [1.807, 2.05) is 55.5 Å². The Balaban J connectivity index is 0.00000200. The maximum absolute atomic E-state index is 5.85. The Morgan fingerprint density at radius 3 is 2.35 bits per heavy atom. The molecule has 2 aromatic carbocycles. The summed E-state index contributed by atoms with van der Waals surface area (Å²) >= 11 is 0. The third-order valence-corrected chi connectivity index (χ3v) is 2.95. The maximum atomic E-state index is 5.85. The molecule has 0 heterocycles. The van der Waals surface area contributed by atoms with Gasteiger partial charge in [-0.15, -0.1) is 12.4 Å². The van der Waals surface area contributed by atoms with E-state index in [4.69, 9.17) is 15.2 Å². The Morgan fingerprint density at radius 2 is 1.75 bits per heavy atom. The van der Waals surface area contributed by atoms with Crippen molar-refractivity contribution in [2.45, 2.75) is 19.6 Å². The van der Waals surface area contributed by atoms with Gasteiger partial charge in [-0.25, -0.2) is 0 Å². The Morgan fingerprint density at radius 1 is 1.05 bits per heavy atom. The molecule has 4 heteroatoms. The molecule has 0 aromatic heterocycles. The average Bonchev–Trinajstić information content (AvgIpc) is 2.46. The zero-order valence-electron chi connectivity index (χ0n) is 11.7. The second-order valence-electron chi connectivity index (χ2n) is 4.50. The summed E-state index contributed by atoms with van der Waals surface area (Å²) in [7, 11) is 1.66. The van der Waals surface area contributed by atoms with Gasteiger partial charge in [0, 0.05) is 6.04 Å². The first-order valence-electron chi connectivity index (χ1n) is 6.30. The van der Waals surface area contributed by atoms with E-state index < -0.39 is 0 Å². The SMILES string of the molecule is COc1ccc(COc2cccc([C@@H](C)N)c2)cc1.Cl. The lowest BCUT2D eigenvalue weighted by atomic mass is 10.1. The molecule has 0 aliphatic rings. The average molecular weight is 294 g/mol. The van der Waals surface area contributed by atoms with Gasteiger partial charge >= 0.3 is 0 Å². The molecule has 0 unspecified atom stereocenters. The first-order valence-corrected chi connectivity index (χ1v) is 6.30. The number of hydrogen-bond acceptors (Lipinski definition) is 3. The van der Waals surface area contributed by atoms with E-state index in [1.165, 1.54) is 0 Å². The van der Waals surface area contributed by atoms with Crippen molar-refractivity contribution in [2.24, 2.45) is 5.73 Å². The molecular formula is C16H20ClNO2. The van der Waals surface area contributed by atoms with Crippen LogP contribution in [0.25, 0.3) is 0 Å². The van der Waals surface area contributed by atoms with Gasteiger partial charge in [0.15, 0.2) is 0 Å². The summed E-state index contributed by atoms with van der Waals surface area (Å²) in [6, 6.07) is 15.7. The van der Waals surface area contributed by atoms with Crippen LogP contribution in [0.1, 0.15) is 24.1 Å². The zero-order chi connectivity index (χ0) is 13.7. The van der Waals surface area contributed by atoms with Gasteiger partial charge in [-0.05, 0) is 42.3 Å². The molecule has 1 atom stereocenters. The molecule has 0 aliphatic carbocycles. The summed E-state index contributed by atoms with van der Waals surface area (Å²) in [5.41, 5.74) is 8.03. The molecule has 0 fully saturated rings. The number of halogens is 1. The number of ether oxygens (including phenoxy) is 2. The van der Waals surface area contributed by atoms with Crippen molar-refractivity contribution < 1.29 is 9.47 Å². The van der Waals surface area contributed by atoms with Crippen LogP contribution in [-0.2, 0) is 6.61 Å². The zero-order valence-corrected chi connectivity index (χ0v) is 12.5. The predicted molar refractivity (Wildman–Crippen MR) is 83.6 cm³/mol.